The quantitative estimate of drug-likeness (QED) is 0.901. The highest BCUT2D eigenvalue weighted by Crippen LogP contribution is 2.32. The second kappa shape index (κ2) is 7.43. The van der Waals surface area contributed by atoms with Crippen LogP contribution in [0.25, 0.3) is 0 Å². The van der Waals surface area contributed by atoms with E-state index < -0.39 is 0 Å². The lowest BCUT2D eigenvalue weighted by molar-refractivity contribution is -0.117. The molecule has 0 spiro atoms. The van der Waals surface area contributed by atoms with Crippen LogP contribution in [0.5, 0.6) is 5.75 Å². The lowest BCUT2D eigenvalue weighted by atomic mass is 9.87. The normalized spacial score (nSPS) is 18.9. The summed E-state index contributed by atoms with van der Waals surface area (Å²) in [7, 11) is 1.67. The predicted molar refractivity (Wildman–Crippen MR) is 104 cm³/mol. The number of anilines is 1. The largest absolute Gasteiger partial charge is 0.497 e. The van der Waals surface area contributed by atoms with E-state index in [9.17, 15) is 9.59 Å². The Labute approximate surface area is 159 Å². The van der Waals surface area contributed by atoms with Gasteiger partial charge in [0.15, 0.2) is 0 Å². The Morgan fingerprint density at radius 2 is 2.04 bits per heavy atom. The summed E-state index contributed by atoms with van der Waals surface area (Å²) in [6, 6.07) is 13.4. The fourth-order valence-electron chi connectivity index (χ4n) is 4.05. The van der Waals surface area contributed by atoms with Crippen molar-refractivity contribution in [2.24, 2.45) is 0 Å². The fourth-order valence-corrected chi connectivity index (χ4v) is 4.05. The summed E-state index contributed by atoms with van der Waals surface area (Å²) < 4.78 is 5.32. The van der Waals surface area contributed by atoms with Crippen LogP contribution in [0.2, 0.25) is 0 Å². The molecule has 140 valence electrons. The topological polar surface area (TPSA) is 58.6 Å². The molecule has 27 heavy (non-hydrogen) atoms. The maximum Gasteiger partial charge on any atom is 0.251 e. The van der Waals surface area contributed by atoms with E-state index in [1.54, 1.807) is 18.1 Å². The van der Waals surface area contributed by atoms with Gasteiger partial charge in [-0.3, -0.25) is 9.59 Å². The highest BCUT2D eigenvalue weighted by molar-refractivity contribution is 5.99. The molecule has 2 aliphatic rings. The third kappa shape index (κ3) is 3.54. The molecular formula is C22H24N2O3. The first-order valence-electron chi connectivity index (χ1n) is 9.54. The first-order valence-corrected chi connectivity index (χ1v) is 9.54. The van der Waals surface area contributed by atoms with Gasteiger partial charge in [-0.2, -0.15) is 0 Å². The van der Waals surface area contributed by atoms with Crippen molar-refractivity contribution in [3.8, 4) is 5.75 Å². The molecule has 1 unspecified atom stereocenters. The van der Waals surface area contributed by atoms with Crippen LogP contribution in [0.3, 0.4) is 0 Å². The molecule has 5 nitrogen and oxygen atoms in total. The van der Waals surface area contributed by atoms with E-state index in [2.05, 4.69) is 17.4 Å². The zero-order valence-corrected chi connectivity index (χ0v) is 15.5. The minimum absolute atomic E-state index is 0.00392. The number of hydrogen-bond donors (Lipinski definition) is 1. The number of rotatable bonds is 4. The van der Waals surface area contributed by atoms with Gasteiger partial charge in [-0.05, 0) is 67.1 Å². The summed E-state index contributed by atoms with van der Waals surface area (Å²) in [6.07, 6.45) is 4.42. The van der Waals surface area contributed by atoms with Crippen molar-refractivity contribution in [2.45, 2.75) is 38.1 Å². The van der Waals surface area contributed by atoms with E-state index >= 15 is 0 Å². The number of carbonyl (C=O) groups is 2. The van der Waals surface area contributed by atoms with E-state index in [1.807, 2.05) is 24.3 Å². The molecule has 2 aromatic carbocycles. The van der Waals surface area contributed by atoms with Crippen molar-refractivity contribution >= 4 is 17.5 Å². The van der Waals surface area contributed by atoms with Crippen LogP contribution in [0.1, 0.15) is 53.2 Å². The van der Waals surface area contributed by atoms with E-state index in [4.69, 9.17) is 4.74 Å². The molecule has 1 fully saturated rings. The van der Waals surface area contributed by atoms with E-state index in [-0.39, 0.29) is 17.9 Å². The van der Waals surface area contributed by atoms with Crippen LogP contribution in [-0.2, 0) is 11.2 Å². The Bertz CT molecular complexity index is 878. The smallest absolute Gasteiger partial charge is 0.251 e. The second-order valence-corrected chi connectivity index (χ2v) is 7.18. The summed E-state index contributed by atoms with van der Waals surface area (Å²) in [5.41, 5.74) is 3.80. The van der Waals surface area contributed by atoms with Crippen molar-refractivity contribution < 1.29 is 14.3 Å². The number of aryl methyl sites for hydroxylation is 1. The molecule has 4 rings (SSSR count). The minimum Gasteiger partial charge on any atom is -0.497 e. The van der Waals surface area contributed by atoms with Crippen molar-refractivity contribution in [3.05, 3.63) is 59.2 Å². The predicted octanol–water partition coefficient (Wildman–Crippen LogP) is 3.63. The molecule has 1 atom stereocenters. The molecule has 1 N–H and O–H groups in total. The maximum absolute atomic E-state index is 12.9. The van der Waals surface area contributed by atoms with Crippen LogP contribution in [0, 0.1) is 0 Å². The standard InChI is InChI=1S/C22H24N2O3/c1-27-18-10-11-19-15(14-18)5-3-8-20(19)23-22(26)16-6-2-7-17(13-16)24-12-4-9-21(24)25/h2,6-7,10-11,13-14,20H,3-5,8-9,12H2,1H3,(H,23,26). The van der Waals surface area contributed by atoms with Crippen LogP contribution < -0.4 is 15.0 Å². The van der Waals surface area contributed by atoms with Crippen molar-refractivity contribution in [2.75, 3.05) is 18.6 Å². The van der Waals surface area contributed by atoms with Gasteiger partial charge >= 0.3 is 0 Å². The fraction of sp³-hybridized carbons (Fsp3) is 0.364. The van der Waals surface area contributed by atoms with Crippen LogP contribution >= 0.6 is 0 Å². The van der Waals surface area contributed by atoms with Crippen molar-refractivity contribution in [1.29, 1.82) is 0 Å². The molecule has 1 saturated heterocycles. The second-order valence-electron chi connectivity index (χ2n) is 7.18. The maximum atomic E-state index is 12.9. The Kier molecular flexibility index (Phi) is 4.84. The lowest BCUT2D eigenvalue weighted by Gasteiger charge is -2.27. The molecular weight excluding hydrogens is 340 g/mol. The zero-order valence-electron chi connectivity index (χ0n) is 15.5. The highest BCUT2D eigenvalue weighted by atomic mass is 16.5. The number of amides is 2. The highest BCUT2D eigenvalue weighted by Gasteiger charge is 2.25. The number of methoxy groups -OCH3 is 1. The Hall–Kier alpha value is -2.82. The molecule has 0 saturated carbocycles. The van der Waals surface area contributed by atoms with E-state index in [0.29, 0.717) is 12.0 Å². The molecule has 5 heteroatoms. The van der Waals surface area contributed by atoms with Crippen molar-refractivity contribution in [3.63, 3.8) is 0 Å². The SMILES string of the molecule is COc1ccc2c(c1)CCCC2NC(=O)c1cccc(N2CCCC2=O)c1. The number of fused-ring (bicyclic) bond motifs is 1. The van der Waals surface area contributed by atoms with Gasteiger partial charge in [0.25, 0.3) is 5.91 Å². The average molecular weight is 364 g/mol. The lowest BCUT2D eigenvalue weighted by Crippen LogP contribution is -2.31. The van der Waals surface area contributed by atoms with Gasteiger partial charge in [-0.1, -0.05) is 12.1 Å². The van der Waals surface area contributed by atoms with Crippen LogP contribution in [0.15, 0.2) is 42.5 Å². The average Bonchev–Trinajstić information content (AvgIpc) is 3.13. The third-order valence-electron chi connectivity index (χ3n) is 5.46. The van der Waals surface area contributed by atoms with Gasteiger partial charge in [-0.15, -0.1) is 0 Å². The molecule has 0 aromatic heterocycles. The molecule has 2 amide bonds. The van der Waals surface area contributed by atoms with Gasteiger partial charge in [0.1, 0.15) is 5.75 Å². The summed E-state index contributed by atoms with van der Waals surface area (Å²) in [6.45, 7) is 0.724. The minimum atomic E-state index is -0.0998. The van der Waals surface area contributed by atoms with Crippen molar-refractivity contribution in [1.82, 2.24) is 5.32 Å². The van der Waals surface area contributed by atoms with E-state index in [0.717, 1.165) is 43.7 Å². The number of carbonyl (C=O) groups excluding carboxylic acids is 2. The third-order valence-corrected chi connectivity index (χ3v) is 5.46. The molecule has 1 aliphatic carbocycles. The number of benzene rings is 2. The first kappa shape index (κ1) is 17.6. The van der Waals surface area contributed by atoms with Gasteiger partial charge in [0.2, 0.25) is 5.91 Å². The monoisotopic (exact) mass is 364 g/mol. The van der Waals surface area contributed by atoms with E-state index in [1.165, 1.54) is 11.1 Å². The van der Waals surface area contributed by atoms with Gasteiger partial charge in [0, 0.05) is 24.2 Å². The Balaban J connectivity index is 1.53. The molecule has 0 bridgehead atoms. The zero-order chi connectivity index (χ0) is 18.8. The summed E-state index contributed by atoms with van der Waals surface area (Å²) in [4.78, 5) is 26.6. The van der Waals surface area contributed by atoms with Gasteiger partial charge < -0.3 is 15.0 Å². The first-order chi connectivity index (χ1) is 13.2. The number of hydrogen-bond acceptors (Lipinski definition) is 3. The summed E-state index contributed by atoms with van der Waals surface area (Å²) in [5.74, 6) is 0.878. The number of nitrogens with one attached hydrogen (secondary N) is 1. The number of nitrogens with zero attached hydrogens (tertiary/aromatic N) is 1. The summed E-state index contributed by atoms with van der Waals surface area (Å²) >= 11 is 0. The molecule has 0 radical (unpaired) electrons. The molecule has 1 aliphatic heterocycles. The Morgan fingerprint density at radius 1 is 1.15 bits per heavy atom. The number of ether oxygens (including phenoxy) is 1. The summed E-state index contributed by atoms with van der Waals surface area (Å²) in [5, 5.41) is 3.17. The van der Waals surface area contributed by atoms with Crippen LogP contribution in [-0.4, -0.2) is 25.5 Å². The van der Waals surface area contributed by atoms with Gasteiger partial charge in [0.05, 0.1) is 13.2 Å². The van der Waals surface area contributed by atoms with Gasteiger partial charge in [-0.25, -0.2) is 0 Å². The van der Waals surface area contributed by atoms with Crippen LogP contribution in [0.4, 0.5) is 5.69 Å². The molecule has 1 heterocycles. The Morgan fingerprint density at radius 3 is 2.81 bits per heavy atom. The molecule has 2 aromatic rings.